The monoisotopic (exact) mass is 293 g/mol. The normalized spacial score (nSPS) is 12.7. The first kappa shape index (κ1) is 12.4. The summed E-state index contributed by atoms with van der Waals surface area (Å²) in [5.41, 5.74) is 9.94. The molecule has 0 aliphatic rings. The second kappa shape index (κ2) is 5.07. The summed E-state index contributed by atoms with van der Waals surface area (Å²) in [6.07, 6.45) is 2.44. The summed E-state index contributed by atoms with van der Waals surface area (Å²) in [6.45, 7) is 4.20. The fourth-order valence-electron chi connectivity index (χ4n) is 2.10. The fourth-order valence-corrected chi connectivity index (χ4v) is 2.60. The van der Waals surface area contributed by atoms with Crippen molar-refractivity contribution in [2.24, 2.45) is 5.73 Å². The van der Waals surface area contributed by atoms with Crippen LogP contribution in [-0.4, -0.2) is 0 Å². The van der Waals surface area contributed by atoms with Gasteiger partial charge < -0.3 is 10.2 Å². The van der Waals surface area contributed by atoms with E-state index in [9.17, 15) is 0 Å². The van der Waals surface area contributed by atoms with Crippen LogP contribution >= 0.6 is 15.9 Å². The number of aryl methyl sites for hydroxylation is 2. The van der Waals surface area contributed by atoms with Crippen LogP contribution in [-0.2, 0) is 6.42 Å². The van der Waals surface area contributed by atoms with Gasteiger partial charge in [-0.1, -0.05) is 29.3 Å². The van der Waals surface area contributed by atoms with Crippen molar-refractivity contribution in [3.8, 4) is 0 Å². The Bertz CT molecular complexity index is 498. The van der Waals surface area contributed by atoms with Crippen LogP contribution in [0.5, 0.6) is 0 Å². The zero-order valence-electron chi connectivity index (χ0n) is 10.0. The lowest BCUT2D eigenvalue weighted by Gasteiger charge is -2.11. The molecule has 17 heavy (non-hydrogen) atoms. The third-order valence-electron chi connectivity index (χ3n) is 2.72. The van der Waals surface area contributed by atoms with Gasteiger partial charge in [0.2, 0.25) is 0 Å². The van der Waals surface area contributed by atoms with Crippen molar-refractivity contribution in [3.63, 3.8) is 0 Å². The van der Waals surface area contributed by atoms with Crippen molar-refractivity contribution >= 4 is 15.9 Å². The Kier molecular flexibility index (Phi) is 3.69. The van der Waals surface area contributed by atoms with Crippen molar-refractivity contribution in [2.45, 2.75) is 26.3 Å². The number of hydrogen-bond donors (Lipinski definition) is 1. The molecular weight excluding hydrogens is 278 g/mol. The summed E-state index contributed by atoms with van der Waals surface area (Å²) in [5.74, 6) is 0.809. The molecule has 0 saturated heterocycles. The van der Waals surface area contributed by atoms with Crippen LogP contribution in [0.4, 0.5) is 0 Å². The molecule has 1 atom stereocenters. The van der Waals surface area contributed by atoms with Crippen LogP contribution in [0.3, 0.4) is 0 Å². The molecule has 0 bridgehead atoms. The van der Waals surface area contributed by atoms with E-state index in [1.54, 1.807) is 6.26 Å². The van der Waals surface area contributed by atoms with Crippen molar-refractivity contribution in [2.75, 3.05) is 0 Å². The summed E-state index contributed by atoms with van der Waals surface area (Å²) < 4.78 is 6.33. The van der Waals surface area contributed by atoms with Gasteiger partial charge in [0.15, 0.2) is 0 Å². The Balaban J connectivity index is 2.18. The number of furan rings is 1. The Labute approximate surface area is 110 Å². The second-order valence-corrected chi connectivity index (χ2v) is 5.29. The molecule has 0 saturated carbocycles. The minimum atomic E-state index is -0.111. The molecule has 0 radical (unpaired) electrons. The largest absolute Gasteiger partial charge is 0.466 e. The number of rotatable bonds is 3. The van der Waals surface area contributed by atoms with Crippen LogP contribution in [0.1, 0.15) is 28.5 Å². The average Bonchev–Trinajstić information content (AvgIpc) is 2.62. The van der Waals surface area contributed by atoms with Gasteiger partial charge >= 0.3 is 0 Å². The van der Waals surface area contributed by atoms with Gasteiger partial charge in [-0.3, -0.25) is 0 Å². The van der Waals surface area contributed by atoms with Gasteiger partial charge in [0.1, 0.15) is 5.76 Å². The van der Waals surface area contributed by atoms with Crippen molar-refractivity contribution < 1.29 is 4.42 Å². The molecule has 2 rings (SSSR count). The van der Waals surface area contributed by atoms with Crippen LogP contribution in [0.2, 0.25) is 0 Å². The zero-order valence-corrected chi connectivity index (χ0v) is 11.6. The zero-order chi connectivity index (χ0) is 12.4. The highest BCUT2D eigenvalue weighted by atomic mass is 79.9. The Morgan fingerprint density at radius 3 is 2.41 bits per heavy atom. The topological polar surface area (TPSA) is 39.2 Å². The van der Waals surface area contributed by atoms with Gasteiger partial charge in [0, 0.05) is 0 Å². The maximum atomic E-state index is 6.15. The molecule has 1 unspecified atom stereocenters. The second-order valence-electron chi connectivity index (χ2n) is 4.44. The van der Waals surface area contributed by atoms with Crippen molar-refractivity contribution in [1.29, 1.82) is 0 Å². The lowest BCUT2D eigenvalue weighted by atomic mass is 10.0. The van der Waals surface area contributed by atoms with Crippen LogP contribution < -0.4 is 5.73 Å². The molecule has 1 aromatic carbocycles. The van der Waals surface area contributed by atoms with E-state index in [0.717, 1.165) is 16.7 Å². The molecular formula is C14H16BrNO. The molecule has 0 fully saturated rings. The van der Waals surface area contributed by atoms with E-state index >= 15 is 0 Å². The Hall–Kier alpha value is -1.06. The maximum Gasteiger partial charge on any atom is 0.134 e. The third-order valence-corrected chi connectivity index (χ3v) is 3.37. The summed E-state index contributed by atoms with van der Waals surface area (Å²) in [6, 6.07) is 8.27. The van der Waals surface area contributed by atoms with E-state index in [1.165, 1.54) is 16.7 Å². The van der Waals surface area contributed by atoms with E-state index in [0.29, 0.717) is 0 Å². The summed E-state index contributed by atoms with van der Waals surface area (Å²) >= 11 is 3.44. The molecule has 1 aromatic heterocycles. The molecule has 90 valence electrons. The van der Waals surface area contributed by atoms with Gasteiger partial charge in [0.05, 0.1) is 16.8 Å². The number of benzene rings is 1. The molecule has 3 heteroatoms. The van der Waals surface area contributed by atoms with E-state index in [4.69, 9.17) is 10.2 Å². The molecule has 0 spiro atoms. The quantitative estimate of drug-likeness (QED) is 0.932. The highest BCUT2D eigenvalue weighted by molar-refractivity contribution is 9.10. The smallest absolute Gasteiger partial charge is 0.134 e. The van der Waals surface area contributed by atoms with Gasteiger partial charge in [0.25, 0.3) is 0 Å². The van der Waals surface area contributed by atoms with E-state index in [-0.39, 0.29) is 6.04 Å². The van der Waals surface area contributed by atoms with Gasteiger partial charge in [-0.15, -0.1) is 0 Å². The number of hydrogen-bond acceptors (Lipinski definition) is 2. The highest BCUT2D eigenvalue weighted by Gasteiger charge is 2.14. The van der Waals surface area contributed by atoms with E-state index in [2.05, 4.69) is 48.0 Å². The Morgan fingerprint density at radius 2 is 1.88 bits per heavy atom. The molecule has 2 nitrogen and oxygen atoms in total. The lowest BCUT2D eigenvalue weighted by molar-refractivity contribution is 0.462. The minimum absolute atomic E-state index is 0.111. The van der Waals surface area contributed by atoms with Gasteiger partial charge in [-0.2, -0.15) is 0 Å². The van der Waals surface area contributed by atoms with Crippen molar-refractivity contribution in [3.05, 3.63) is 57.5 Å². The van der Waals surface area contributed by atoms with Gasteiger partial charge in [-0.05, 0) is 47.8 Å². The minimum Gasteiger partial charge on any atom is -0.466 e. The van der Waals surface area contributed by atoms with E-state index in [1.807, 2.05) is 6.07 Å². The fraction of sp³-hybridized carbons (Fsp3) is 0.286. The first-order valence-corrected chi connectivity index (χ1v) is 6.41. The maximum absolute atomic E-state index is 6.15. The summed E-state index contributed by atoms with van der Waals surface area (Å²) in [7, 11) is 0. The Morgan fingerprint density at radius 1 is 1.24 bits per heavy atom. The predicted octanol–water partition coefficient (Wildman–Crippen LogP) is 3.90. The van der Waals surface area contributed by atoms with E-state index < -0.39 is 0 Å². The van der Waals surface area contributed by atoms with Crippen LogP contribution in [0.15, 0.2) is 39.4 Å². The summed E-state index contributed by atoms with van der Waals surface area (Å²) in [4.78, 5) is 0. The average molecular weight is 294 g/mol. The summed E-state index contributed by atoms with van der Waals surface area (Å²) in [5, 5.41) is 0. The lowest BCUT2D eigenvalue weighted by Crippen LogP contribution is -2.13. The molecule has 2 aromatic rings. The highest BCUT2D eigenvalue weighted by Crippen LogP contribution is 2.25. The molecule has 0 aliphatic carbocycles. The van der Waals surface area contributed by atoms with Crippen LogP contribution in [0.25, 0.3) is 0 Å². The van der Waals surface area contributed by atoms with Crippen LogP contribution in [0, 0.1) is 13.8 Å². The number of nitrogens with two attached hydrogens (primary N) is 1. The molecule has 0 amide bonds. The first-order valence-electron chi connectivity index (χ1n) is 5.62. The predicted molar refractivity (Wildman–Crippen MR) is 73.0 cm³/mol. The SMILES string of the molecule is Cc1cc(C)cc(CC(N)c2occc2Br)c1. The number of halogens is 1. The molecule has 1 heterocycles. The standard InChI is InChI=1S/C14H16BrNO/c1-9-5-10(2)7-11(6-9)8-13(16)14-12(15)3-4-17-14/h3-7,13H,8,16H2,1-2H3. The first-order chi connectivity index (χ1) is 8.06. The van der Waals surface area contributed by atoms with Crippen molar-refractivity contribution in [1.82, 2.24) is 0 Å². The molecule has 2 N–H and O–H groups in total. The molecule has 0 aliphatic heterocycles. The third kappa shape index (κ3) is 2.99. The van der Waals surface area contributed by atoms with Gasteiger partial charge in [-0.25, -0.2) is 0 Å².